The number of thioether (sulfide) groups is 1. The second kappa shape index (κ2) is 4.61. The maximum atomic E-state index is 13.0. The zero-order valence-corrected chi connectivity index (χ0v) is 12.7. The van der Waals surface area contributed by atoms with Crippen LogP contribution in [0.1, 0.15) is 13.8 Å². The highest BCUT2D eigenvalue weighted by atomic mass is 35.5. The Kier molecular flexibility index (Phi) is 3.19. The summed E-state index contributed by atoms with van der Waals surface area (Å²) in [6.45, 7) is 5.21. The van der Waals surface area contributed by atoms with Gasteiger partial charge in [-0.3, -0.25) is 4.57 Å². The summed E-state index contributed by atoms with van der Waals surface area (Å²) in [5, 5.41) is 1.29. The average molecular weight is 316 g/mol. The molecule has 1 aromatic carbocycles. The van der Waals surface area contributed by atoms with Gasteiger partial charge in [0, 0.05) is 22.8 Å². The molecular formula is C12H11ClFN3S2. The van der Waals surface area contributed by atoms with E-state index in [1.54, 1.807) is 17.8 Å². The first kappa shape index (κ1) is 13.1. The Balaban J connectivity index is 2.07. The molecule has 3 nitrogen and oxygen atoms in total. The smallest absolute Gasteiger partial charge is 0.210 e. The molecule has 1 aliphatic heterocycles. The van der Waals surface area contributed by atoms with Gasteiger partial charge >= 0.3 is 0 Å². The fourth-order valence-electron chi connectivity index (χ4n) is 1.89. The van der Waals surface area contributed by atoms with Gasteiger partial charge in [-0.2, -0.15) is 4.37 Å². The van der Waals surface area contributed by atoms with Crippen molar-refractivity contribution in [1.29, 1.82) is 0 Å². The monoisotopic (exact) mass is 315 g/mol. The third-order valence-corrected chi connectivity index (χ3v) is 5.03. The molecule has 0 fully saturated rings. The minimum Gasteiger partial charge on any atom is -0.293 e. The molecule has 0 amide bonds. The van der Waals surface area contributed by atoms with E-state index in [-0.39, 0.29) is 10.6 Å². The predicted molar refractivity (Wildman–Crippen MR) is 76.7 cm³/mol. The third kappa shape index (κ3) is 2.57. The fraction of sp³-hybridized carbons (Fsp3) is 0.333. The Labute approximate surface area is 123 Å². The lowest BCUT2D eigenvalue weighted by molar-refractivity contribution is 0.555. The van der Waals surface area contributed by atoms with E-state index in [0.29, 0.717) is 10.7 Å². The van der Waals surface area contributed by atoms with Crippen LogP contribution in [-0.2, 0) is 6.54 Å². The molecule has 19 heavy (non-hydrogen) atoms. The number of nitrogens with zero attached hydrogens (tertiary/aromatic N) is 3. The number of aromatic nitrogens is 2. The standard InChI is InChI=1S/C12H11ClFN3S2/c1-12(2)6-17-10(19-16-11(17)18-12)15-9-4-3-7(14)5-8(9)13/h3-5H,6H2,1-2H3. The van der Waals surface area contributed by atoms with Crippen LogP contribution in [0, 0.1) is 5.82 Å². The highest BCUT2D eigenvalue weighted by Gasteiger charge is 2.31. The van der Waals surface area contributed by atoms with Crippen LogP contribution in [0.2, 0.25) is 5.02 Å². The molecule has 2 aromatic rings. The Hall–Kier alpha value is -0.850. The van der Waals surface area contributed by atoms with Crippen molar-refractivity contribution < 1.29 is 4.39 Å². The van der Waals surface area contributed by atoms with E-state index < -0.39 is 0 Å². The summed E-state index contributed by atoms with van der Waals surface area (Å²) in [7, 11) is 0. The number of halogens is 2. The van der Waals surface area contributed by atoms with Gasteiger partial charge < -0.3 is 0 Å². The summed E-state index contributed by atoms with van der Waals surface area (Å²) >= 11 is 9.06. The Bertz CT molecular complexity index is 705. The van der Waals surface area contributed by atoms with Gasteiger partial charge in [0.05, 0.1) is 10.7 Å². The van der Waals surface area contributed by atoms with Crippen LogP contribution < -0.4 is 4.80 Å². The summed E-state index contributed by atoms with van der Waals surface area (Å²) < 4.78 is 19.6. The number of rotatable bonds is 1. The molecule has 0 radical (unpaired) electrons. The number of hydrogen-bond donors (Lipinski definition) is 0. The molecule has 0 atom stereocenters. The van der Waals surface area contributed by atoms with Gasteiger partial charge in [0.25, 0.3) is 0 Å². The van der Waals surface area contributed by atoms with E-state index in [0.717, 1.165) is 16.5 Å². The van der Waals surface area contributed by atoms with Crippen LogP contribution in [-0.4, -0.2) is 13.7 Å². The molecular weight excluding hydrogens is 305 g/mol. The molecule has 7 heteroatoms. The zero-order valence-electron chi connectivity index (χ0n) is 10.4. The lowest BCUT2D eigenvalue weighted by Crippen LogP contribution is -2.21. The van der Waals surface area contributed by atoms with Crippen molar-refractivity contribution in [1.82, 2.24) is 8.94 Å². The largest absolute Gasteiger partial charge is 0.293 e. The maximum absolute atomic E-state index is 13.0. The molecule has 3 rings (SSSR count). The minimum atomic E-state index is -0.358. The molecule has 1 aliphatic rings. The molecule has 0 bridgehead atoms. The molecule has 0 saturated carbocycles. The van der Waals surface area contributed by atoms with Crippen LogP contribution in [0.15, 0.2) is 28.3 Å². The molecule has 0 aliphatic carbocycles. The normalized spacial score (nSPS) is 17.8. The summed E-state index contributed by atoms with van der Waals surface area (Å²) in [5.74, 6) is -0.358. The van der Waals surface area contributed by atoms with E-state index in [1.165, 1.54) is 23.7 Å². The molecule has 100 valence electrons. The lowest BCUT2D eigenvalue weighted by Gasteiger charge is -2.12. The third-order valence-electron chi connectivity index (χ3n) is 2.70. The molecule has 0 unspecified atom stereocenters. The SMILES string of the molecule is CC1(C)Cn2c(nsc2=Nc2ccc(F)cc2Cl)S1. The Morgan fingerprint density at radius 1 is 1.47 bits per heavy atom. The quantitative estimate of drug-likeness (QED) is 0.800. The van der Waals surface area contributed by atoms with Gasteiger partial charge in [0.15, 0.2) is 5.16 Å². The summed E-state index contributed by atoms with van der Waals surface area (Å²) in [6.07, 6.45) is 0. The van der Waals surface area contributed by atoms with Crippen LogP contribution in [0.25, 0.3) is 0 Å². The summed E-state index contributed by atoms with van der Waals surface area (Å²) in [6, 6.07) is 4.21. The van der Waals surface area contributed by atoms with Gasteiger partial charge in [0.2, 0.25) is 4.80 Å². The molecule has 0 N–H and O–H groups in total. The Morgan fingerprint density at radius 3 is 3.00 bits per heavy atom. The van der Waals surface area contributed by atoms with Crippen molar-refractivity contribution in [3.63, 3.8) is 0 Å². The van der Waals surface area contributed by atoms with Crippen LogP contribution >= 0.6 is 34.9 Å². The van der Waals surface area contributed by atoms with E-state index in [9.17, 15) is 4.39 Å². The van der Waals surface area contributed by atoms with Crippen LogP contribution in [0.3, 0.4) is 0 Å². The van der Waals surface area contributed by atoms with Gasteiger partial charge in [-0.25, -0.2) is 9.38 Å². The second-order valence-electron chi connectivity index (χ2n) is 4.90. The van der Waals surface area contributed by atoms with Gasteiger partial charge in [-0.15, -0.1) is 0 Å². The van der Waals surface area contributed by atoms with E-state index in [2.05, 4.69) is 27.8 Å². The van der Waals surface area contributed by atoms with E-state index >= 15 is 0 Å². The maximum Gasteiger partial charge on any atom is 0.210 e. The van der Waals surface area contributed by atoms with Crippen molar-refractivity contribution in [2.24, 2.45) is 4.99 Å². The van der Waals surface area contributed by atoms with Crippen molar-refractivity contribution >= 4 is 40.6 Å². The molecule has 0 spiro atoms. The van der Waals surface area contributed by atoms with Crippen molar-refractivity contribution in [2.45, 2.75) is 30.3 Å². The fourth-order valence-corrected chi connectivity index (χ4v) is 4.01. The predicted octanol–water partition coefficient (Wildman–Crippen LogP) is 3.85. The van der Waals surface area contributed by atoms with Gasteiger partial charge in [0.1, 0.15) is 5.82 Å². The second-order valence-corrected chi connectivity index (χ2v) is 7.72. The molecule has 2 heterocycles. The highest BCUT2D eigenvalue weighted by Crippen LogP contribution is 2.38. The number of fused-ring (bicyclic) bond motifs is 1. The first-order chi connectivity index (χ1) is 8.94. The number of benzene rings is 1. The zero-order chi connectivity index (χ0) is 13.6. The van der Waals surface area contributed by atoms with Gasteiger partial charge in [-0.05, 0) is 32.0 Å². The minimum absolute atomic E-state index is 0.132. The first-order valence-electron chi connectivity index (χ1n) is 5.70. The Morgan fingerprint density at radius 2 is 2.26 bits per heavy atom. The van der Waals surface area contributed by atoms with Crippen molar-refractivity contribution in [2.75, 3.05) is 0 Å². The topological polar surface area (TPSA) is 30.2 Å². The van der Waals surface area contributed by atoms with E-state index in [4.69, 9.17) is 11.6 Å². The van der Waals surface area contributed by atoms with Gasteiger partial charge in [-0.1, -0.05) is 23.4 Å². The van der Waals surface area contributed by atoms with Crippen molar-refractivity contribution in [3.05, 3.63) is 33.8 Å². The molecule has 0 saturated heterocycles. The summed E-state index contributed by atoms with van der Waals surface area (Å²) in [4.78, 5) is 5.28. The van der Waals surface area contributed by atoms with Crippen LogP contribution in [0.5, 0.6) is 0 Å². The lowest BCUT2D eigenvalue weighted by atomic mass is 10.2. The van der Waals surface area contributed by atoms with E-state index in [1.807, 2.05) is 0 Å². The average Bonchev–Trinajstić information content (AvgIpc) is 2.79. The van der Waals surface area contributed by atoms with Crippen LogP contribution in [0.4, 0.5) is 10.1 Å². The number of hydrogen-bond acceptors (Lipinski definition) is 4. The molecule has 1 aromatic heterocycles. The first-order valence-corrected chi connectivity index (χ1v) is 7.67. The van der Waals surface area contributed by atoms with Crippen molar-refractivity contribution in [3.8, 4) is 0 Å². The summed E-state index contributed by atoms with van der Waals surface area (Å²) in [5.41, 5.74) is 0.566. The highest BCUT2D eigenvalue weighted by molar-refractivity contribution is 8.00.